The van der Waals surface area contributed by atoms with E-state index in [1.54, 1.807) is 0 Å². The van der Waals surface area contributed by atoms with Crippen LogP contribution in [0.1, 0.15) is 19.8 Å². The van der Waals surface area contributed by atoms with Crippen LogP contribution in [-0.2, 0) is 0 Å². The molecule has 0 aliphatic heterocycles. The number of non-ortho nitro benzene ring substituents is 1. The van der Waals surface area contributed by atoms with Crippen LogP contribution in [0, 0.1) is 16.0 Å². The quantitative estimate of drug-likeness (QED) is 0.645. The Morgan fingerprint density at radius 3 is 2.37 bits per heavy atom. The molecule has 1 fully saturated rings. The van der Waals surface area contributed by atoms with E-state index in [1.807, 2.05) is 6.92 Å². The van der Waals surface area contributed by atoms with Crippen molar-refractivity contribution in [2.75, 3.05) is 11.9 Å². The highest BCUT2D eigenvalue weighted by atomic mass is 35.5. The normalized spacial score (nSPS) is 17.9. The Balaban J connectivity index is 2.32. The third-order valence-electron chi connectivity index (χ3n) is 3.55. The van der Waals surface area contributed by atoms with Gasteiger partial charge in [-0.3, -0.25) is 10.1 Å². The minimum Gasteiger partial charge on any atom is -0.376 e. The first kappa shape index (κ1) is 14.4. The minimum absolute atomic E-state index is 0.124. The second-order valence-corrected chi connectivity index (χ2v) is 5.88. The van der Waals surface area contributed by atoms with Gasteiger partial charge in [-0.25, -0.2) is 0 Å². The van der Waals surface area contributed by atoms with E-state index < -0.39 is 4.92 Å². The SMILES string of the molecule is CC(CN)(Nc1c(Cl)cc([N+](=O)[O-])cc1Cl)C1CC1. The summed E-state index contributed by atoms with van der Waals surface area (Å²) in [7, 11) is 0. The fraction of sp³-hybridized carbons (Fsp3) is 0.500. The molecule has 19 heavy (non-hydrogen) atoms. The lowest BCUT2D eigenvalue weighted by molar-refractivity contribution is -0.384. The van der Waals surface area contributed by atoms with Crippen molar-refractivity contribution >= 4 is 34.6 Å². The predicted octanol–water partition coefficient (Wildman–Crippen LogP) is 3.44. The fourth-order valence-electron chi connectivity index (χ4n) is 2.11. The maximum Gasteiger partial charge on any atom is 0.272 e. The summed E-state index contributed by atoms with van der Waals surface area (Å²) < 4.78 is 0. The highest BCUT2D eigenvalue weighted by Gasteiger charge is 2.41. The van der Waals surface area contributed by atoms with Gasteiger partial charge in [-0.05, 0) is 25.7 Å². The zero-order valence-corrected chi connectivity index (χ0v) is 12.0. The molecule has 0 heterocycles. The van der Waals surface area contributed by atoms with Gasteiger partial charge in [-0.2, -0.15) is 0 Å². The van der Waals surface area contributed by atoms with Crippen molar-refractivity contribution in [1.29, 1.82) is 0 Å². The number of nitrogens with zero attached hydrogens (tertiary/aromatic N) is 1. The highest BCUT2D eigenvalue weighted by molar-refractivity contribution is 6.39. The molecule has 0 bridgehead atoms. The van der Waals surface area contributed by atoms with Crippen LogP contribution in [0.2, 0.25) is 10.0 Å². The Morgan fingerprint density at radius 2 is 2.00 bits per heavy atom. The van der Waals surface area contributed by atoms with Gasteiger partial charge in [0.25, 0.3) is 5.69 Å². The summed E-state index contributed by atoms with van der Waals surface area (Å²) in [6, 6.07) is 2.58. The molecule has 5 nitrogen and oxygen atoms in total. The molecule has 1 aliphatic carbocycles. The van der Waals surface area contributed by atoms with E-state index in [0.29, 0.717) is 18.2 Å². The average Bonchev–Trinajstić information content (AvgIpc) is 3.17. The van der Waals surface area contributed by atoms with Gasteiger partial charge in [0.15, 0.2) is 0 Å². The van der Waals surface area contributed by atoms with Crippen LogP contribution in [0.5, 0.6) is 0 Å². The van der Waals surface area contributed by atoms with E-state index in [4.69, 9.17) is 28.9 Å². The molecule has 0 saturated heterocycles. The number of hydrogen-bond donors (Lipinski definition) is 2. The van der Waals surface area contributed by atoms with E-state index >= 15 is 0 Å². The Labute approximate surface area is 121 Å². The van der Waals surface area contributed by atoms with E-state index in [0.717, 1.165) is 12.8 Å². The number of nitrogens with two attached hydrogens (primary N) is 1. The first-order valence-corrected chi connectivity index (χ1v) is 6.74. The molecule has 0 amide bonds. The fourth-order valence-corrected chi connectivity index (χ4v) is 2.68. The molecule has 1 saturated carbocycles. The minimum atomic E-state index is -0.523. The third-order valence-corrected chi connectivity index (χ3v) is 4.15. The number of nitro benzene ring substituents is 1. The summed E-state index contributed by atoms with van der Waals surface area (Å²) in [6.45, 7) is 2.46. The number of anilines is 1. The lowest BCUT2D eigenvalue weighted by atomic mass is 9.95. The molecule has 1 aliphatic rings. The van der Waals surface area contributed by atoms with Crippen molar-refractivity contribution < 1.29 is 4.92 Å². The summed E-state index contributed by atoms with van der Waals surface area (Å²) in [4.78, 5) is 10.2. The van der Waals surface area contributed by atoms with Crippen LogP contribution < -0.4 is 11.1 Å². The molecule has 1 aromatic carbocycles. The molecule has 7 heteroatoms. The summed E-state index contributed by atoms with van der Waals surface area (Å²) in [5, 5.41) is 14.5. The van der Waals surface area contributed by atoms with Gasteiger partial charge in [0.05, 0.1) is 20.7 Å². The smallest absolute Gasteiger partial charge is 0.272 e. The van der Waals surface area contributed by atoms with Crippen LogP contribution >= 0.6 is 23.2 Å². The van der Waals surface area contributed by atoms with E-state index in [9.17, 15) is 10.1 Å². The molecule has 3 N–H and O–H groups in total. The van der Waals surface area contributed by atoms with Gasteiger partial charge < -0.3 is 11.1 Å². The number of benzene rings is 1. The first-order chi connectivity index (χ1) is 8.87. The third kappa shape index (κ3) is 2.94. The molecule has 0 spiro atoms. The lowest BCUT2D eigenvalue weighted by Gasteiger charge is -2.31. The maximum absolute atomic E-state index is 10.7. The molecule has 1 unspecified atom stereocenters. The monoisotopic (exact) mass is 303 g/mol. The van der Waals surface area contributed by atoms with Gasteiger partial charge in [-0.1, -0.05) is 23.2 Å². The van der Waals surface area contributed by atoms with E-state index in [2.05, 4.69) is 5.32 Å². The van der Waals surface area contributed by atoms with Gasteiger partial charge in [-0.15, -0.1) is 0 Å². The Morgan fingerprint density at radius 1 is 1.47 bits per heavy atom. The summed E-state index contributed by atoms with van der Waals surface area (Å²) >= 11 is 12.1. The van der Waals surface area contributed by atoms with E-state index in [-0.39, 0.29) is 21.3 Å². The number of halogens is 2. The predicted molar refractivity (Wildman–Crippen MR) is 76.9 cm³/mol. The number of hydrogen-bond acceptors (Lipinski definition) is 4. The molecule has 1 aromatic rings. The first-order valence-electron chi connectivity index (χ1n) is 5.99. The van der Waals surface area contributed by atoms with Crippen molar-refractivity contribution in [3.8, 4) is 0 Å². The second kappa shape index (κ2) is 5.15. The van der Waals surface area contributed by atoms with Crippen molar-refractivity contribution in [3.63, 3.8) is 0 Å². The topological polar surface area (TPSA) is 81.2 Å². The maximum atomic E-state index is 10.7. The van der Waals surface area contributed by atoms with Crippen LogP contribution in [0.3, 0.4) is 0 Å². The molecule has 2 rings (SSSR count). The number of nitro groups is 1. The molecule has 1 atom stereocenters. The Hall–Kier alpha value is -1.04. The van der Waals surface area contributed by atoms with Crippen LogP contribution in [0.25, 0.3) is 0 Å². The molecule has 104 valence electrons. The highest BCUT2D eigenvalue weighted by Crippen LogP contribution is 2.44. The lowest BCUT2D eigenvalue weighted by Crippen LogP contribution is -2.44. The van der Waals surface area contributed by atoms with Gasteiger partial charge in [0, 0.05) is 24.2 Å². The Kier molecular flexibility index (Phi) is 3.90. The molecular weight excluding hydrogens is 289 g/mol. The van der Waals surface area contributed by atoms with Crippen molar-refractivity contribution in [2.24, 2.45) is 11.7 Å². The van der Waals surface area contributed by atoms with Crippen molar-refractivity contribution in [2.45, 2.75) is 25.3 Å². The van der Waals surface area contributed by atoms with E-state index in [1.165, 1.54) is 12.1 Å². The van der Waals surface area contributed by atoms with Crippen molar-refractivity contribution in [1.82, 2.24) is 0 Å². The van der Waals surface area contributed by atoms with Crippen LogP contribution in [0.4, 0.5) is 11.4 Å². The molecular formula is C12H15Cl2N3O2. The number of rotatable bonds is 5. The average molecular weight is 304 g/mol. The molecule has 0 aromatic heterocycles. The van der Waals surface area contributed by atoms with Crippen LogP contribution in [0.15, 0.2) is 12.1 Å². The van der Waals surface area contributed by atoms with Crippen molar-refractivity contribution in [3.05, 3.63) is 32.3 Å². The summed E-state index contributed by atoms with van der Waals surface area (Å²) in [5.74, 6) is 0.486. The zero-order valence-electron chi connectivity index (χ0n) is 10.5. The number of nitrogens with one attached hydrogen (secondary N) is 1. The molecule has 0 radical (unpaired) electrons. The van der Waals surface area contributed by atoms with Crippen LogP contribution in [-0.4, -0.2) is 17.0 Å². The standard InChI is InChI=1S/C12H15Cl2N3O2/c1-12(6-15,7-2-3-7)16-11-9(13)4-8(17(18)19)5-10(11)14/h4-5,7,16H,2-3,6,15H2,1H3. The van der Waals surface area contributed by atoms with Gasteiger partial charge >= 0.3 is 0 Å². The zero-order chi connectivity index (χ0) is 14.2. The summed E-state index contributed by atoms with van der Waals surface area (Å²) in [6.07, 6.45) is 2.23. The largest absolute Gasteiger partial charge is 0.376 e. The summed E-state index contributed by atoms with van der Waals surface area (Å²) in [5.41, 5.74) is 5.91. The second-order valence-electron chi connectivity index (χ2n) is 5.06. The Bertz CT molecular complexity index is 497. The van der Waals surface area contributed by atoms with Gasteiger partial charge in [0.1, 0.15) is 0 Å². The van der Waals surface area contributed by atoms with Gasteiger partial charge in [0.2, 0.25) is 0 Å².